The van der Waals surface area contributed by atoms with Crippen molar-refractivity contribution in [1.29, 1.82) is 0 Å². The van der Waals surface area contributed by atoms with Crippen LogP contribution in [0.3, 0.4) is 0 Å². The first kappa shape index (κ1) is 21.8. The molecule has 0 saturated heterocycles. The number of ether oxygens (including phenoxy) is 1. The standard InChI is InChI=1S/C20H15ClN6O6/c1-9-6-10-8-26(20(31)32)25-16(10)14(19(29)30)15(9)23-18(28)12-7-13(33-2)24-27(12)17-11(21)4-3-5-22-17/h3-8H,1-2H3,(H,23,28)(H,29,30)(H,31,32). The number of benzene rings is 1. The Morgan fingerprint density at radius 2 is 1.94 bits per heavy atom. The maximum atomic E-state index is 13.2. The lowest BCUT2D eigenvalue weighted by Crippen LogP contribution is -2.20. The fourth-order valence-electron chi connectivity index (χ4n) is 3.27. The third-order valence-electron chi connectivity index (χ3n) is 4.71. The molecule has 4 aromatic rings. The third kappa shape index (κ3) is 3.83. The van der Waals surface area contributed by atoms with Gasteiger partial charge in [0.05, 0.1) is 17.8 Å². The number of carbonyl (C=O) groups is 3. The average Bonchev–Trinajstić information content (AvgIpc) is 3.38. The Labute approximate surface area is 190 Å². The number of rotatable bonds is 5. The number of amides is 1. The van der Waals surface area contributed by atoms with E-state index in [0.29, 0.717) is 10.2 Å². The number of fused-ring (bicyclic) bond motifs is 1. The van der Waals surface area contributed by atoms with E-state index in [0.717, 1.165) is 0 Å². The van der Waals surface area contributed by atoms with E-state index < -0.39 is 18.0 Å². The van der Waals surface area contributed by atoms with Gasteiger partial charge in [0.1, 0.15) is 16.8 Å². The highest BCUT2D eigenvalue weighted by molar-refractivity contribution is 6.32. The van der Waals surface area contributed by atoms with Crippen molar-refractivity contribution in [2.24, 2.45) is 0 Å². The van der Waals surface area contributed by atoms with Crippen LogP contribution in [-0.2, 0) is 0 Å². The molecule has 3 N–H and O–H groups in total. The second-order valence-corrected chi connectivity index (χ2v) is 7.20. The lowest BCUT2D eigenvalue weighted by atomic mass is 10.0. The van der Waals surface area contributed by atoms with Gasteiger partial charge in [0, 0.05) is 23.8 Å². The van der Waals surface area contributed by atoms with Gasteiger partial charge >= 0.3 is 12.1 Å². The molecule has 0 saturated carbocycles. The molecule has 0 radical (unpaired) electrons. The van der Waals surface area contributed by atoms with Gasteiger partial charge in [0.2, 0.25) is 5.88 Å². The molecule has 0 aliphatic rings. The van der Waals surface area contributed by atoms with E-state index in [1.807, 2.05) is 0 Å². The van der Waals surface area contributed by atoms with Crippen molar-refractivity contribution in [3.8, 4) is 11.7 Å². The predicted molar refractivity (Wildman–Crippen MR) is 116 cm³/mol. The van der Waals surface area contributed by atoms with E-state index >= 15 is 0 Å². The van der Waals surface area contributed by atoms with Crippen molar-refractivity contribution in [3.05, 3.63) is 58.5 Å². The second-order valence-electron chi connectivity index (χ2n) is 6.79. The number of aromatic nitrogens is 5. The summed E-state index contributed by atoms with van der Waals surface area (Å²) in [5.74, 6) is -1.85. The van der Waals surface area contributed by atoms with Gasteiger partial charge in [0.15, 0.2) is 5.82 Å². The summed E-state index contributed by atoms with van der Waals surface area (Å²) in [5.41, 5.74) is -0.141. The van der Waals surface area contributed by atoms with Crippen LogP contribution in [0.2, 0.25) is 5.02 Å². The zero-order chi connectivity index (χ0) is 23.9. The highest BCUT2D eigenvalue weighted by Gasteiger charge is 2.25. The van der Waals surface area contributed by atoms with E-state index in [2.05, 4.69) is 20.5 Å². The first-order valence-corrected chi connectivity index (χ1v) is 9.65. The SMILES string of the molecule is COc1cc(C(=O)Nc2c(C)cc3cn(C(=O)O)nc3c2C(=O)O)n(-c2ncccc2Cl)n1. The van der Waals surface area contributed by atoms with Crippen molar-refractivity contribution in [2.45, 2.75) is 6.92 Å². The van der Waals surface area contributed by atoms with Crippen molar-refractivity contribution in [2.75, 3.05) is 12.4 Å². The Morgan fingerprint density at radius 1 is 1.18 bits per heavy atom. The van der Waals surface area contributed by atoms with Crippen molar-refractivity contribution < 1.29 is 29.3 Å². The Hall–Kier alpha value is -4.45. The number of carboxylic acid groups (broad SMARTS) is 2. The number of aromatic carboxylic acids is 1. The molecule has 0 unspecified atom stereocenters. The van der Waals surface area contributed by atoms with Crippen LogP contribution in [0.5, 0.6) is 5.88 Å². The van der Waals surface area contributed by atoms with Gasteiger partial charge in [0.25, 0.3) is 5.91 Å². The number of hydrogen-bond donors (Lipinski definition) is 3. The number of carbonyl (C=O) groups excluding carboxylic acids is 1. The van der Waals surface area contributed by atoms with Crippen molar-refractivity contribution in [3.63, 3.8) is 0 Å². The van der Waals surface area contributed by atoms with Crippen LogP contribution in [0.15, 0.2) is 36.7 Å². The summed E-state index contributed by atoms with van der Waals surface area (Å²) in [6.45, 7) is 1.58. The minimum Gasteiger partial charge on any atom is -0.480 e. The van der Waals surface area contributed by atoms with Crippen LogP contribution >= 0.6 is 11.6 Å². The van der Waals surface area contributed by atoms with Crippen LogP contribution in [0.25, 0.3) is 16.7 Å². The van der Waals surface area contributed by atoms with Crippen molar-refractivity contribution in [1.82, 2.24) is 24.5 Å². The maximum absolute atomic E-state index is 13.2. The Balaban J connectivity index is 1.84. The van der Waals surface area contributed by atoms with Gasteiger partial charge in [-0.1, -0.05) is 11.6 Å². The first-order valence-electron chi connectivity index (χ1n) is 9.27. The molecule has 0 spiro atoms. The van der Waals surface area contributed by atoms with Gasteiger partial charge < -0.3 is 20.3 Å². The van der Waals surface area contributed by atoms with Crippen LogP contribution in [-0.4, -0.2) is 59.8 Å². The number of pyridine rings is 1. The number of halogens is 1. The molecule has 33 heavy (non-hydrogen) atoms. The smallest absolute Gasteiger partial charge is 0.432 e. The first-order chi connectivity index (χ1) is 15.7. The summed E-state index contributed by atoms with van der Waals surface area (Å²) in [6, 6.07) is 6.05. The summed E-state index contributed by atoms with van der Waals surface area (Å²) in [4.78, 5) is 40.7. The quantitative estimate of drug-likeness (QED) is 0.398. The molecule has 4 rings (SSSR count). The number of methoxy groups -OCH3 is 1. The third-order valence-corrected chi connectivity index (χ3v) is 5.01. The molecule has 0 fully saturated rings. The molecule has 3 aromatic heterocycles. The van der Waals surface area contributed by atoms with E-state index in [-0.39, 0.29) is 44.6 Å². The number of nitrogens with zero attached hydrogens (tertiary/aromatic N) is 5. The molecule has 1 aromatic carbocycles. The minimum atomic E-state index is -1.39. The van der Waals surface area contributed by atoms with E-state index in [1.54, 1.807) is 19.1 Å². The van der Waals surface area contributed by atoms with E-state index in [9.17, 15) is 24.6 Å². The molecule has 0 bridgehead atoms. The molecular formula is C20H15ClN6O6. The summed E-state index contributed by atoms with van der Waals surface area (Å²) in [5, 5.41) is 30.1. The Kier molecular flexibility index (Phi) is 5.44. The predicted octanol–water partition coefficient (Wildman–Crippen LogP) is 3.06. The molecule has 1 amide bonds. The van der Waals surface area contributed by atoms with E-state index in [1.165, 1.54) is 36.3 Å². The van der Waals surface area contributed by atoms with Crippen LogP contribution in [0.4, 0.5) is 10.5 Å². The number of aryl methyl sites for hydroxylation is 1. The largest absolute Gasteiger partial charge is 0.480 e. The molecule has 0 aliphatic heterocycles. The van der Waals surface area contributed by atoms with Gasteiger partial charge in [-0.15, -0.1) is 5.10 Å². The molecule has 13 heteroatoms. The Bertz CT molecular complexity index is 1440. The lowest BCUT2D eigenvalue weighted by molar-refractivity contribution is 0.0699. The van der Waals surface area contributed by atoms with Crippen LogP contribution in [0, 0.1) is 6.92 Å². The van der Waals surface area contributed by atoms with Crippen molar-refractivity contribution >= 4 is 46.2 Å². The fraction of sp³-hybridized carbons (Fsp3) is 0.100. The number of hydrogen-bond acceptors (Lipinski definition) is 7. The maximum Gasteiger partial charge on any atom is 0.432 e. The normalized spacial score (nSPS) is 10.9. The minimum absolute atomic E-state index is 0.0284. The average molecular weight is 471 g/mol. The zero-order valence-electron chi connectivity index (χ0n) is 17.1. The number of carboxylic acids is 1. The summed E-state index contributed by atoms with van der Waals surface area (Å²) >= 11 is 6.20. The van der Waals surface area contributed by atoms with E-state index in [4.69, 9.17) is 16.3 Å². The topological polar surface area (TPSA) is 161 Å². The second kappa shape index (κ2) is 8.24. The molecule has 168 valence electrons. The molecule has 3 heterocycles. The van der Waals surface area contributed by atoms with Crippen LogP contribution in [0.1, 0.15) is 26.4 Å². The zero-order valence-corrected chi connectivity index (χ0v) is 17.9. The number of anilines is 1. The van der Waals surface area contributed by atoms with Gasteiger partial charge in [-0.3, -0.25) is 4.79 Å². The molecule has 0 atom stereocenters. The monoisotopic (exact) mass is 470 g/mol. The summed E-state index contributed by atoms with van der Waals surface area (Å²) in [6.07, 6.45) is 1.27. The molecule has 0 aliphatic carbocycles. The lowest BCUT2D eigenvalue weighted by Gasteiger charge is -2.13. The summed E-state index contributed by atoms with van der Waals surface area (Å²) < 4.78 is 6.89. The van der Waals surface area contributed by atoms with Gasteiger partial charge in [-0.05, 0) is 30.7 Å². The van der Waals surface area contributed by atoms with Crippen LogP contribution < -0.4 is 10.1 Å². The summed E-state index contributed by atoms with van der Waals surface area (Å²) in [7, 11) is 1.37. The highest BCUT2D eigenvalue weighted by atomic mass is 35.5. The number of nitrogens with one attached hydrogen (secondary N) is 1. The van der Waals surface area contributed by atoms with Gasteiger partial charge in [-0.2, -0.15) is 9.78 Å². The van der Waals surface area contributed by atoms with Gasteiger partial charge in [-0.25, -0.2) is 19.3 Å². The fourth-order valence-corrected chi connectivity index (χ4v) is 3.47. The highest BCUT2D eigenvalue weighted by Crippen LogP contribution is 2.30. The molecule has 12 nitrogen and oxygen atoms in total. The molecular weight excluding hydrogens is 456 g/mol. The Morgan fingerprint density at radius 3 is 2.58 bits per heavy atom.